The van der Waals surface area contributed by atoms with Crippen LogP contribution < -0.4 is 9.47 Å². The zero-order valence-corrected chi connectivity index (χ0v) is 9.87. The van der Waals surface area contributed by atoms with Gasteiger partial charge in [0.15, 0.2) is 9.84 Å². The van der Waals surface area contributed by atoms with Crippen LogP contribution in [0.5, 0.6) is 11.5 Å². The first-order chi connectivity index (χ1) is 7.59. The summed E-state index contributed by atoms with van der Waals surface area (Å²) in [5.74, 6) is 1.79. The van der Waals surface area contributed by atoms with Crippen molar-refractivity contribution in [1.29, 1.82) is 0 Å². The molecule has 0 amide bonds. The Labute approximate surface area is 95.1 Å². The largest absolute Gasteiger partial charge is 0.497 e. The summed E-state index contributed by atoms with van der Waals surface area (Å²) in [5.41, 5.74) is 0. The summed E-state index contributed by atoms with van der Waals surface area (Å²) in [5, 5.41) is 0. The quantitative estimate of drug-likeness (QED) is 0.800. The van der Waals surface area contributed by atoms with E-state index in [2.05, 4.69) is 0 Å². The Hall–Kier alpha value is -1.23. The zero-order valence-electron chi connectivity index (χ0n) is 9.05. The van der Waals surface area contributed by atoms with Crippen LogP contribution in [0.15, 0.2) is 24.3 Å². The molecule has 1 aromatic carbocycles. The highest BCUT2D eigenvalue weighted by Gasteiger charge is 2.29. The van der Waals surface area contributed by atoms with Crippen LogP contribution in [0.4, 0.5) is 0 Å². The van der Waals surface area contributed by atoms with Gasteiger partial charge in [-0.05, 0) is 30.7 Å². The van der Waals surface area contributed by atoms with Crippen LogP contribution in [0.3, 0.4) is 0 Å². The summed E-state index contributed by atoms with van der Waals surface area (Å²) in [7, 11) is -1.28. The molecule has 1 heterocycles. The number of sulfone groups is 1. The lowest BCUT2D eigenvalue weighted by Gasteiger charge is -2.11. The number of benzene rings is 1. The van der Waals surface area contributed by atoms with Crippen LogP contribution in [-0.2, 0) is 9.84 Å². The van der Waals surface area contributed by atoms with Gasteiger partial charge in [0.25, 0.3) is 0 Å². The minimum atomic E-state index is -2.88. The van der Waals surface area contributed by atoms with Crippen LogP contribution in [0.2, 0.25) is 0 Å². The summed E-state index contributed by atoms with van der Waals surface area (Å²) < 4.78 is 33.1. The van der Waals surface area contributed by atoms with Gasteiger partial charge >= 0.3 is 0 Å². The number of methoxy groups -OCH3 is 1. The lowest BCUT2D eigenvalue weighted by Crippen LogP contribution is -2.17. The Morgan fingerprint density at radius 3 is 2.31 bits per heavy atom. The maximum absolute atomic E-state index is 11.2. The molecule has 1 fully saturated rings. The van der Waals surface area contributed by atoms with E-state index in [1.165, 1.54) is 0 Å². The molecule has 1 atom stereocenters. The van der Waals surface area contributed by atoms with Crippen molar-refractivity contribution in [2.75, 3.05) is 18.6 Å². The van der Waals surface area contributed by atoms with E-state index in [0.717, 1.165) is 5.75 Å². The maximum Gasteiger partial charge on any atom is 0.154 e. The standard InChI is InChI=1S/C11H14O4S/c1-14-9-2-4-10(5-3-9)15-11-6-7-16(12,13)8-11/h2-5,11H,6-8H2,1H3. The van der Waals surface area contributed by atoms with Gasteiger partial charge in [-0.1, -0.05) is 0 Å². The van der Waals surface area contributed by atoms with Gasteiger partial charge in [0, 0.05) is 0 Å². The highest BCUT2D eigenvalue weighted by Crippen LogP contribution is 2.22. The SMILES string of the molecule is COc1ccc(OC2CCS(=O)(=O)C2)cc1. The first-order valence-electron chi connectivity index (χ1n) is 5.10. The molecule has 1 aliphatic rings. The van der Waals surface area contributed by atoms with Crippen LogP contribution in [-0.4, -0.2) is 33.1 Å². The van der Waals surface area contributed by atoms with E-state index in [4.69, 9.17) is 9.47 Å². The average Bonchev–Trinajstić information content (AvgIpc) is 2.59. The predicted molar refractivity (Wildman–Crippen MR) is 60.7 cm³/mol. The Balaban J connectivity index is 1.99. The molecule has 4 nitrogen and oxygen atoms in total. The van der Waals surface area contributed by atoms with Crippen molar-refractivity contribution in [2.24, 2.45) is 0 Å². The first-order valence-corrected chi connectivity index (χ1v) is 6.92. The van der Waals surface area contributed by atoms with Gasteiger partial charge in [0.1, 0.15) is 17.6 Å². The number of hydrogen-bond acceptors (Lipinski definition) is 4. The normalized spacial score (nSPS) is 22.9. The molecule has 0 aromatic heterocycles. The van der Waals surface area contributed by atoms with Crippen molar-refractivity contribution in [3.05, 3.63) is 24.3 Å². The summed E-state index contributed by atoms with van der Waals surface area (Å²) in [6, 6.07) is 7.14. The van der Waals surface area contributed by atoms with Crippen LogP contribution in [0.25, 0.3) is 0 Å². The molecule has 1 aromatic rings. The summed E-state index contributed by atoms with van der Waals surface area (Å²) >= 11 is 0. The van der Waals surface area contributed by atoms with Gasteiger partial charge in [-0.15, -0.1) is 0 Å². The van der Waals surface area contributed by atoms with Crippen molar-refractivity contribution in [3.8, 4) is 11.5 Å². The fourth-order valence-corrected chi connectivity index (χ4v) is 3.29. The van der Waals surface area contributed by atoms with Crippen molar-refractivity contribution >= 4 is 9.84 Å². The molecular formula is C11H14O4S. The highest BCUT2D eigenvalue weighted by molar-refractivity contribution is 7.91. The van der Waals surface area contributed by atoms with Gasteiger partial charge in [-0.3, -0.25) is 0 Å². The zero-order chi connectivity index (χ0) is 11.6. The third kappa shape index (κ3) is 2.66. The highest BCUT2D eigenvalue weighted by atomic mass is 32.2. The molecule has 1 saturated heterocycles. The van der Waals surface area contributed by atoms with E-state index in [-0.39, 0.29) is 17.6 Å². The van der Waals surface area contributed by atoms with E-state index >= 15 is 0 Å². The second-order valence-electron chi connectivity index (χ2n) is 3.82. The summed E-state index contributed by atoms with van der Waals surface area (Å²) in [4.78, 5) is 0. The lowest BCUT2D eigenvalue weighted by atomic mass is 10.3. The van der Waals surface area contributed by atoms with Gasteiger partial charge in [-0.25, -0.2) is 8.42 Å². The first kappa shape index (κ1) is 11.3. The second kappa shape index (κ2) is 4.33. The fourth-order valence-electron chi connectivity index (χ4n) is 1.70. The van der Waals surface area contributed by atoms with Crippen LogP contribution in [0, 0.1) is 0 Å². The smallest absolute Gasteiger partial charge is 0.154 e. The Bertz CT molecular complexity index is 449. The third-order valence-corrected chi connectivity index (χ3v) is 4.29. The second-order valence-corrected chi connectivity index (χ2v) is 6.05. The molecule has 0 aliphatic carbocycles. The molecule has 5 heteroatoms. The summed E-state index contributed by atoms with van der Waals surface area (Å²) in [6.07, 6.45) is 0.368. The Morgan fingerprint density at radius 1 is 1.19 bits per heavy atom. The monoisotopic (exact) mass is 242 g/mol. The van der Waals surface area contributed by atoms with Crippen molar-refractivity contribution in [2.45, 2.75) is 12.5 Å². The summed E-state index contributed by atoms with van der Waals surface area (Å²) in [6.45, 7) is 0. The topological polar surface area (TPSA) is 52.6 Å². The van der Waals surface area contributed by atoms with Gasteiger partial charge in [0.2, 0.25) is 0 Å². The molecule has 2 rings (SSSR count). The molecule has 16 heavy (non-hydrogen) atoms. The molecule has 88 valence electrons. The van der Waals surface area contributed by atoms with E-state index in [1.54, 1.807) is 31.4 Å². The molecule has 0 saturated carbocycles. The van der Waals surface area contributed by atoms with Crippen molar-refractivity contribution in [3.63, 3.8) is 0 Å². The third-order valence-electron chi connectivity index (χ3n) is 2.55. The Kier molecular flexibility index (Phi) is 3.05. The minimum absolute atomic E-state index is 0.124. The molecule has 0 N–H and O–H groups in total. The van der Waals surface area contributed by atoms with Crippen molar-refractivity contribution < 1.29 is 17.9 Å². The van der Waals surface area contributed by atoms with Gasteiger partial charge < -0.3 is 9.47 Å². The minimum Gasteiger partial charge on any atom is -0.497 e. The Morgan fingerprint density at radius 2 is 1.81 bits per heavy atom. The van der Waals surface area contributed by atoms with E-state index < -0.39 is 9.84 Å². The molecule has 0 spiro atoms. The molecular weight excluding hydrogens is 228 g/mol. The average molecular weight is 242 g/mol. The predicted octanol–water partition coefficient (Wildman–Crippen LogP) is 1.26. The molecule has 1 aliphatic heterocycles. The van der Waals surface area contributed by atoms with Crippen LogP contribution >= 0.6 is 0 Å². The molecule has 1 unspecified atom stereocenters. The lowest BCUT2D eigenvalue weighted by molar-refractivity contribution is 0.228. The molecule has 0 bridgehead atoms. The van der Waals surface area contributed by atoms with E-state index in [9.17, 15) is 8.42 Å². The van der Waals surface area contributed by atoms with Gasteiger partial charge in [0.05, 0.1) is 18.6 Å². The maximum atomic E-state index is 11.2. The number of ether oxygens (including phenoxy) is 2. The van der Waals surface area contributed by atoms with E-state index in [0.29, 0.717) is 12.2 Å². The van der Waals surface area contributed by atoms with E-state index in [1.807, 2.05) is 0 Å². The van der Waals surface area contributed by atoms with Crippen molar-refractivity contribution in [1.82, 2.24) is 0 Å². The fraction of sp³-hybridized carbons (Fsp3) is 0.455. The number of hydrogen-bond donors (Lipinski definition) is 0. The number of rotatable bonds is 3. The molecule has 0 radical (unpaired) electrons. The van der Waals surface area contributed by atoms with Gasteiger partial charge in [-0.2, -0.15) is 0 Å². The van der Waals surface area contributed by atoms with Crippen LogP contribution in [0.1, 0.15) is 6.42 Å².